The Bertz CT molecular complexity index is 989. The maximum Gasteiger partial charge on any atom is 0.297 e. The Balaban J connectivity index is 1.78. The number of benzene rings is 1. The van der Waals surface area contributed by atoms with Crippen molar-refractivity contribution in [2.24, 2.45) is 0 Å². The first kappa shape index (κ1) is 18.4. The lowest BCUT2D eigenvalue weighted by Gasteiger charge is -2.02. The fraction of sp³-hybridized carbons (Fsp3) is 0.188. The summed E-state index contributed by atoms with van der Waals surface area (Å²) in [7, 11) is 0. The molecule has 3 rings (SSSR count). The third-order valence-electron chi connectivity index (χ3n) is 3.29. The minimum Gasteiger partial charge on any atom is -0.295 e. The largest absolute Gasteiger partial charge is 0.297 e. The number of nitrogens with zero attached hydrogens (tertiary/aromatic N) is 5. The van der Waals surface area contributed by atoms with Crippen LogP contribution in [0.25, 0.3) is 5.69 Å². The summed E-state index contributed by atoms with van der Waals surface area (Å²) in [6.45, 7) is 3.60. The first-order chi connectivity index (χ1) is 12.5. The highest BCUT2D eigenvalue weighted by molar-refractivity contribution is 8.01. The van der Waals surface area contributed by atoms with Gasteiger partial charge in [0.2, 0.25) is 5.82 Å². The van der Waals surface area contributed by atoms with Gasteiger partial charge < -0.3 is 0 Å². The summed E-state index contributed by atoms with van der Waals surface area (Å²) in [6.07, 6.45) is 0. The van der Waals surface area contributed by atoms with E-state index in [1.54, 1.807) is 35.9 Å². The average Bonchev–Trinajstić information content (AvgIpc) is 3.16. The predicted octanol–water partition coefficient (Wildman–Crippen LogP) is 3.86. The fourth-order valence-corrected chi connectivity index (χ4v) is 4.05. The molecule has 0 saturated carbocycles. The van der Waals surface area contributed by atoms with Gasteiger partial charge in [-0.3, -0.25) is 10.1 Å². The molecule has 0 radical (unpaired) electrons. The van der Waals surface area contributed by atoms with E-state index >= 15 is 0 Å². The van der Waals surface area contributed by atoms with Crippen LogP contribution in [0.4, 0.5) is 5.13 Å². The molecule has 132 valence electrons. The van der Waals surface area contributed by atoms with Crippen LogP contribution in [-0.2, 0) is 0 Å². The van der Waals surface area contributed by atoms with Gasteiger partial charge in [-0.25, -0.2) is 14.6 Å². The summed E-state index contributed by atoms with van der Waals surface area (Å²) in [5, 5.41) is 16.7. The Hall–Kier alpha value is -2.41. The lowest BCUT2D eigenvalue weighted by atomic mass is 10.3. The number of amides is 1. The molecule has 0 atom stereocenters. The van der Waals surface area contributed by atoms with Crippen molar-refractivity contribution >= 4 is 45.7 Å². The van der Waals surface area contributed by atoms with Crippen molar-refractivity contribution < 1.29 is 4.79 Å². The number of aromatic nitrogens is 4. The predicted molar refractivity (Wildman–Crippen MR) is 102 cm³/mol. The molecule has 0 saturated heterocycles. The molecular weight excluding hydrogens is 392 g/mol. The van der Waals surface area contributed by atoms with Crippen LogP contribution >= 0.6 is 34.7 Å². The molecule has 10 heteroatoms. The summed E-state index contributed by atoms with van der Waals surface area (Å²) in [5.41, 5.74) is 1.54. The summed E-state index contributed by atoms with van der Waals surface area (Å²) in [5.74, 6) is 0.531. The van der Waals surface area contributed by atoms with E-state index in [0.29, 0.717) is 21.7 Å². The van der Waals surface area contributed by atoms with Gasteiger partial charge in [0.1, 0.15) is 5.82 Å². The van der Waals surface area contributed by atoms with Gasteiger partial charge >= 0.3 is 0 Å². The first-order valence-electron chi connectivity index (χ1n) is 7.46. The van der Waals surface area contributed by atoms with Gasteiger partial charge in [0.05, 0.1) is 27.4 Å². The average molecular weight is 405 g/mol. The number of aryl methyl sites for hydroxylation is 2. The Kier molecular flexibility index (Phi) is 5.56. The molecule has 0 aliphatic heterocycles. The van der Waals surface area contributed by atoms with Gasteiger partial charge in [0.25, 0.3) is 5.91 Å². The third kappa shape index (κ3) is 4.04. The maximum atomic E-state index is 12.4. The second-order valence-electron chi connectivity index (χ2n) is 5.16. The summed E-state index contributed by atoms with van der Waals surface area (Å²) >= 11 is 8.61. The smallest absolute Gasteiger partial charge is 0.295 e. The zero-order chi connectivity index (χ0) is 18.7. The number of thioether (sulfide) groups is 1. The number of anilines is 1. The summed E-state index contributed by atoms with van der Waals surface area (Å²) in [6, 6.07) is 9.16. The van der Waals surface area contributed by atoms with Gasteiger partial charge in [-0.15, -0.1) is 5.10 Å². The number of nitrogens with one attached hydrogen (secondary N) is 1. The van der Waals surface area contributed by atoms with Crippen LogP contribution in [0.5, 0.6) is 0 Å². The van der Waals surface area contributed by atoms with E-state index in [1.807, 2.05) is 6.92 Å². The minimum absolute atomic E-state index is 0.0523. The van der Waals surface area contributed by atoms with Crippen molar-refractivity contribution in [1.82, 2.24) is 19.7 Å². The van der Waals surface area contributed by atoms with Crippen molar-refractivity contribution in [3.05, 3.63) is 46.6 Å². The number of carbonyl (C=O) groups excluding carboxylic acids is 1. The van der Waals surface area contributed by atoms with Crippen LogP contribution in [0.2, 0.25) is 5.02 Å². The number of hydrogen-bond acceptors (Lipinski definition) is 7. The molecule has 0 spiro atoms. The molecule has 2 aromatic heterocycles. The molecule has 2 heterocycles. The summed E-state index contributed by atoms with van der Waals surface area (Å²) in [4.78, 5) is 21.0. The molecule has 1 amide bonds. The van der Waals surface area contributed by atoms with E-state index in [4.69, 9.17) is 16.9 Å². The highest BCUT2D eigenvalue weighted by Gasteiger charge is 2.18. The van der Waals surface area contributed by atoms with E-state index in [2.05, 4.69) is 26.5 Å². The number of nitriles is 1. The Morgan fingerprint density at radius 2 is 2.08 bits per heavy atom. The molecule has 0 fully saturated rings. The second-order valence-corrected chi connectivity index (χ2v) is 7.84. The zero-order valence-corrected chi connectivity index (χ0v) is 16.2. The normalized spacial score (nSPS) is 10.5. The van der Waals surface area contributed by atoms with Crippen LogP contribution in [0, 0.1) is 25.2 Å². The van der Waals surface area contributed by atoms with Crippen LogP contribution in [-0.4, -0.2) is 31.4 Å². The molecule has 0 unspecified atom stereocenters. The minimum atomic E-state index is -0.439. The number of rotatable bonds is 5. The third-order valence-corrected chi connectivity index (χ3v) is 5.84. The number of thiazole rings is 1. The van der Waals surface area contributed by atoms with Crippen molar-refractivity contribution in [2.75, 3.05) is 11.1 Å². The first-order valence-corrected chi connectivity index (χ1v) is 9.64. The van der Waals surface area contributed by atoms with Crippen LogP contribution in [0.3, 0.4) is 0 Å². The van der Waals surface area contributed by atoms with Gasteiger partial charge in [0.15, 0.2) is 5.13 Å². The van der Waals surface area contributed by atoms with Crippen molar-refractivity contribution in [3.8, 4) is 11.8 Å². The molecule has 0 bridgehead atoms. The molecule has 0 aliphatic carbocycles. The van der Waals surface area contributed by atoms with E-state index in [1.165, 1.54) is 23.1 Å². The monoisotopic (exact) mass is 404 g/mol. The molecule has 1 N–H and O–H groups in total. The van der Waals surface area contributed by atoms with Gasteiger partial charge in [-0.2, -0.15) is 5.26 Å². The molecular formula is C16H13ClN6OS2. The second kappa shape index (κ2) is 7.86. The number of hydrogen-bond donors (Lipinski definition) is 1. The standard InChI is InChI=1S/C16H13ClN6OS2/c1-9-15(25-8-7-18)26-16(19-9)21-14(24)13-20-10(2)23(22-13)12-5-3-11(17)4-6-12/h3-6H,8H2,1-2H3,(H,19,21,24). The lowest BCUT2D eigenvalue weighted by molar-refractivity contribution is 0.101. The Morgan fingerprint density at radius 1 is 1.35 bits per heavy atom. The fourth-order valence-electron chi connectivity index (χ4n) is 2.13. The highest BCUT2D eigenvalue weighted by Crippen LogP contribution is 2.31. The van der Waals surface area contributed by atoms with Gasteiger partial charge in [-0.05, 0) is 38.1 Å². The van der Waals surface area contributed by atoms with Crippen LogP contribution < -0.4 is 5.32 Å². The van der Waals surface area contributed by atoms with E-state index in [9.17, 15) is 4.79 Å². The van der Waals surface area contributed by atoms with Gasteiger partial charge in [-0.1, -0.05) is 34.7 Å². The number of halogens is 1. The van der Waals surface area contributed by atoms with Crippen LogP contribution in [0.1, 0.15) is 22.1 Å². The quantitative estimate of drug-likeness (QED) is 0.648. The topological polar surface area (TPSA) is 96.5 Å². The Morgan fingerprint density at radius 3 is 2.77 bits per heavy atom. The Labute approximate surface area is 163 Å². The zero-order valence-electron chi connectivity index (χ0n) is 13.9. The molecule has 1 aromatic carbocycles. The lowest BCUT2D eigenvalue weighted by Crippen LogP contribution is -2.14. The molecule has 0 aliphatic rings. The SMILES string of the molecule is Cc1nc(NC(=O)c2nc(C)n(-c3ccc(Cl)cc3)n2)sc1SCC#N. The maximum absolute atomic E-state index is 12.4. The summed E-state index contributed by atoms with van der Waals surface area (Å²) < 4.78 is 2.48. The molecule has 7 nitrogen and oxygen atoms in total. The van der Waals surface area contributed by atoms with Crippen molar-refractivity contribution in [1.29, 1.82) is 5.26 Å². The van der Waals surface area contributed by atoms with Crippen molar-refractivity contribution in [2.45, 2.75) is 18.1 Å². The van der Waals surface area contributed by atoms with E-state index in [-0.39, 0.29) is 5.82 Å². The van der Waals surface area contributed by atoms with Crippen molar-refractivity contribution in [3.63, 3.8) is 0 Å². The highest BCUT2D eigenvalue weighted by atomic mass is 35.5. The van der Waals surface area contributed by atoms with Gasteiger partial charge in [0, 0.05) is 5.02 Å². The van der Waals surface area contributed by atoms with E-state index < -0.39 is 5.91 Å². The van der Waals surface area contributed by atoms with E-state index in [0.717, 1.165) is 15.6 Å². The molecule has 3 aromatic rings. The number of carbonyl (C=O) groups is 1. The van der Waals surface area contributed by atoms with Crippen LogP contribution in [0.15, 0.2) is 28.5 Å². The molecule has 26 heavy (non-hydrogen) atoms.